The van der Waals surface area contributed by atoms with Crippen LogP contribution < -0.4 is 17.0 Å². The van der Waals surface area contributed by atoms with Crippen LogP contribution in [0.1, 0.15) is 28.8 Å². The zero-order chi connectivity index (χ0) is 22.5. The third-order valence-electron chi connectivity index (χ3n) is 4.58. The van der Waals surface area contributed by atoms with Crippen molar-refractivity contribution in [3.8, 4) is 5.69 Å². The Morgan fingerprint density at radius 1 is 1.13 bits per heavy atom. The van der Waals surface area contributed by atoms with Crippen molar-refractivity contribution in [1.82, 2.24) is 14.5 Å². The van der Waals surface area contributed by atoms with Gasteiger partial charge < -0.3 is 11.5 Å². The Hall–Kier alpha value is -3.71. The summed E-state index contributed by atoms with van der Waals surface area (Å²) in [5, 5.41) is 0.905. The van der Waals surface area contributed by atoms with Gasteiger partial charge in [0.25, 0.3) is 11.5 Å². The number of aromatic nitrogens is 3. The SMILES string of the molecule is CCc1nc2cccc(Cl)c2c(=O)n1-c1ccccc1.Cc1cc(N)c(C(N)=O)cn1. The zero-order valence-electron chi connectivity index (χ0n) is 17.2. The number of aryl methyl sites for hydroxylation is 2. The first-order valence-electron chi connectivity index (χ1n) is 9.61. The predicted molar refractivity (Wildman–Crippen MR) is 124 cm³/mol. The highest BCUT2D eigenvalue weighted by atomic mass is 35.5. The quantitative estimate of drug-likeness (QED) is 0.509. The third-order valence-corrected chi connectivity index (χ3v) is 4.90. The van der Waals surface area contributed by atoms with Crippen molar-refractivity contribution in [2.45, 2.75) is 20.3 Å². The molecule has 4 aromatic rings. The number of benzene rings is 2. The molecular formula is C23H22ClN5O2. The van der Waals surface area contributed by atoms with Gasteiger partial charge in [-0.15, -0.1) is 0 Å². The van der Waals surface area contributed by atoms with Crippen molar-refractivity contribution in [3.05, 3.63) is 93.3 Å². The fourth-order valence-electron chi connectivity index (χ4n) is 3.10. The molecule has 2 heterocycles. The number of pyridine rings is 1. The molecule has 2 aromatic heterocycles. The third kappa shape index (κ3) is 4.73. The van der Waals surface area contributed by atoms with E-state index in [9.17, 15) is 9.59 Å². The maximum Gasteiger partial charge on any atom is 0.267 e. The molecule has 4 rings (SSSR count). The second kappa shape index (κ2) is 9.40. The maximum absolute atomic E-state index is 12.8. The summed E-state index contributed by atoms with van der Waals surface area (Å²) in [6.07, 6.45) is 2.06. The predicted octanol–water partition coefficient (Wildman–Crippen LogP) is 3.67. The van der Waals surface area contributed by atoms with Gasteiger partial charge in [-0.1, -0.05) is 42.8 Å². The van der Waals surface area contributed by atoms with Crippen LogP contribution in [0.5, 0.6) is 0 Å². The zero-order valence-corrected chi connectivity index (χ0v) is 17.9. The Bertz CT molecular complexity index is 1300. The Balaban J connectivity index is 0.000000210. The second-order valence-corrected chi connectivity index (χ2v) is 7.18. The fourth-order valence-corrected chi connectivity index (χ4v) is 3.35. The molecule has 0 bridgehead atoms. The van der Waals surface area contributed by atoms with E-state index >= 15 is 0 Å². The van der Waals surface area contributed by atoms with Crippen LogP contribution in [0.15, 0.2) is 65.6 Å². The molecule has 0 unspecified atom stereocenters. The van der Waals surface area contributed by atoms with Crippen LogP contribution in [0, 0.1) is 6.92 Å². The second-order valence-electron chi connectivity index (χ2n) is 6.77. The standard InChI is InChI=1S/C16H13ClN2O.C7H9N3O/c1-2-14-18-13-10-6-9-12(17)15(13)16(20)19(14)11-7-4-3-5-8-11;1-4-2-6(8)5(3-10-4)7(9)11/h3-10H,2H2,1H3;2-3H,1H3,(H2,8,10)(H2,9,11). The van der Waals surface area contributed by atoms with Crippen LogP contribution in [-0.2, 0) is 6.42 Å². The van der Waals surface area contributed by atoms with Crippen molar-refractivity contribution in [1.29, 1.82) is 0 Å². The molecule has 0 atom stereocenters. The molecule has 0 saturated carbocycles. The molecule has 0 aliphatic rings. The summed E-state index contributed by atoms with van der Waals surface area (Å²) >= 11 is 6.16. The summed E-state index contributed by atoms with van der Waals surface area (Å²) in [4.78, 5) is 31.9. The van der Waals surface area contributed by atoms with Gasteiger partial charge in [0.05, 0.1) is 27.2 Å². The highest BCUT2D eigenvalue weighted by Gasteiger charge is 2.13. The van der Waals surface area contributed by atoms with E-state index in [0.717, 1.165) is 17.2 Å². The number of nitrogen functional groups attached to an aromatic ring is 1. The molecule has 0 spiro atoms. The van der Waals surface area contributed by atoms with E-state index in [1.165, 1.54) is 6.20 Å². The average molecular weight is 436 g/mol. The Kier molecular flexibility index (Phi) is 6.67. The minimum atomic E-state index is -0.546. The fraction of sp³-hybridized carbons (Fsp3) is 0.130. The lowest BCUT2D eigenvalue weighted by Crippen LogP contribution is -2.23. The van der Waals surface area contributed by atoms with Crippen LogP contribution in [0.4, 0.5) is 5.69 Å². The Morgan fingerprint density at radius 2 is 1.84 bits per heavy atom. The van der Waals surface area contributed by atoms with Gasteiger partial charge in [-0.2, -0.15) is 0 Å². The Labute approximate surface area is 184 Å². The van der Waals surface area contributed by atoms with Crippen LogP contribution in [0.3, 0.4) is 0 Å². The molecule has 2 aromatic carbocycles. The number of rotatable bonds is 3. The first-order valence-corrected chi connectivity index (χ1v) is 9.98. The summed E-state index contributed by atoms with van der Waals surface area (Å²) in [5.41, 5.74) is 13.2. The molecule has 0 aliphatic heterocycles. The molecule has 158 valence electrons. The highest BCUT2D eigenvalue weighted by molar-refractivity contribution is 6.35. The van der Waals surface area contributed by atoms with Gasteiger partial charge in [0.15, 0.2) is 0 Å². The summed E-state index contributed by atoms with van der Waals surface area (Å²) in [6.45, 7) is 3.78. The molecule has 0 saturated heterocycles. The molecule has 8 heteroatoms. The number of para-hydroxylation sites is 1. The number of hydrogen-bond acceptors (Lipinski definition) is 5. The first kappa shape index (κ1) is 22.0. The van der Waals surface area contributed by atoms with E-state index in [-0.39, 0.29) is 11.1 Å². The normalized spacial score (nSPS) is 10.4. The maximum atomic E-state index is 12.8. The van der Waals surface area contributed by atoms with Crippen molar-refractivity contribution in [3.63, 3.8) is 0 Å². The minimum absolute atomic E-state index is 0.122. The van der Waals surface area contributed by atoms with Gasteiger partial charge in [-0.3, -0.25) is 19.1 Å². The average Bonchev–Trinajstić information content (AvgIpc) is 2.74. The monoisotopic (exact) mass is 435 g/mol. The molecule has 0 aliphatic carbocycles. The van der Waals surface area contributed by atoms with Crippen molar-refractivity contribution in [2.75, 3.05) is 5.73 Å². The first-order chi connectivity index (χ1) is 14.8. The number of primary amides is 1. The molecule has 0 radical (unpaired) electrons. The number of carbonyl (C=O) groups is 1. The lowest BCUT2D eigenvalue weighted by Gasteiger charge is -2.12. The molecule has 0 fully saturated rings. The van der Waals surface area contributed by atoms with E-state index in [4.69, 9.17) is 23.1 Å². The topological polar surface area (TPSA) is 117 Å². The number of amides is 1. The van der Waals surface area contributed by atoms with Crippen LogP contribution in [-0.4, -0.2) is 20.4 Å². The van der Waals surface area contributed by atoms with Crippen LogP contribution >= 0.6 is 11.6 Å². The lowest BCUT2D eigenvalue weighted by atomic mass is 10.2. The number of nitrogens with two attached hydrogens (primary N) is 2. The van der Waals surface area contributed by atoms with Gasteiger partial charge >= 0.3 is 0 Å². The molecule has 4 N–H and O–H groups in total. The van der Waals surface area contributed by atoms with E-state index < -0.39 is 5.91 Å². The van der Waals surface area contributed by atoms with E-state index in [0.29, 0.717) is 28.0 Å². The van der Waals surface area contributed by atoms with E-state index in [2.05, 4.69) is 9.97 Å². The largest absolute Gasteiger partial charge is 0.398 e. The Morgan fingerprint density at radius 3 is 2.45 bits per heavy atom. The molecule has 1 amide bonds. The van der Waals surface area contributed by atoms with Gasteiger partial charge in [0.2, 0.25) is 0 Å². The number of hydrogen-bond donors (Lipinski definition) is 2. The summed E-state index contributed by atoms with van der Waals surface area (Å²) in [5.74, 6) is 0.186. The van der Waals surface area contributed by atoms with Gasteiger partial charge in [0.1, 0.15) is 5.82 Å². The summed E-state index contributed by atoms with van der Waals surface area (Å²) < 4.78 is 1.63. The lowest BCUT2D eigenvalue weighted by molar-refractivity contribution is 0.100. The van der Waals surface area contributed by atoms with Crippen LogP contribution in [0.2, 0.25) is 5.02 Å². The number of anilines is 1. The smallest absolute Gasteiger partial charge is 0.267 e. The molecule has 7 nitrogen and oxygen atoms in total. The number of carbonyl (C=O) groups excluding carboxylic acids is 1. The summed E-state index contributed by atoms with van der Waals surface area (Å²) in [7, 11) is 0. The minimum Gasteiger partial charge on any atom is -0.398 e. The van der Waals surface area contributed by atoms with Gasteiger partial charge in [-0.05, 0) is 37.3 Å². The van der Waals surface area contributed by atoms with Crippen molar-refractivity contribution >= 4 is 34.1 Å². The molecular weight excluding hydrogens is 414 g/mol. The summed E-state index contributed by atoms with van der Waals surface area (Å²) in [6, 6.07) is 16.5. The number of halogens is 1. The number of fused-ring (bicyclic) bond motifs is 1. The van der Waals surface area contributed by atoms with Gasteiger partial charge in [-0.25, -0.2) is 4.98 Å². The molecule has 31 heavy (non-hydrogen) atoms. The van der Waals surface area contributed by atoms with Crippen LogP contribution in [0.25, 0.3) is 16.6 Å². The van der Waals surface area contributed by atoms with Gasteiger partial charge in [0, 0.05) is 24.0 Å². The van der Waals surface area contributed by atoms with E-state index in [1.807, 2.05) is 49.4 Å². The highest BCUT2D eigenvalue weighted by Crippen LogP contribution is 2.20. The van der Waals surface area contributed by atoms with Crippen molar-refractivity contribution in [2.24, 2.45) is 5.73 Å². The van der Waals surface area contributed by atoms with E-state index in [1.54, 1.807) is 23.6 Å². The number of nitrogens with zero attached hydrogens (tertiary/aromatic N) is 3. The van der Waals surface area contributed by atoms with Crippen molar-refractivity contribution < 1.29 is 4.79 Å².